The quantitative estimate of drug-likeness (QED) is 0.464. The lowest BCUT2D eigenvalue weighted by Crippen LogP contribution is -2.04. The van der Waals surface area contributed by atoms with Crippen LogP contribution in [0, 0.1) is 0 Å². The van der Waals surface area contributed by atoms with E-state index in [-0.39, 0.29) is 12.4 Å². The summed E-state index contributed by atoms with van der Waals surface area (Å²) in [6.45, 7) is 0. The second kappa shape index (κ2) is 5.61. The van der Waals surface area contributed by atoms with Gasteiger partial charge in [0, 0.05) is 0 Å². The van der Waals surface area contributed by atoms with Crippen LogP contribution in [0.1, 0.15) is 5.56 Å². The van der Waals surface area contributed by atoms with Crippen molar-refractivity contribution in [1.29, 1.82) is 0 Å². The number of halogens is 1. The lowest BCUT2D eigenvalue weighted by Gasteiger charge is -2.02. The zero-order chi connectivity index (χ0) is 11.3. The van der Waals surface area contributed by atoms with Crippen molar-refractivity contribution in [3.05, 3.63) is 28.8 Å². The van der Waals surface area contributed by atoms with E-state index in [1.54, 1.807) is 18.2 Å². The van der Waals surface area contributed by atoms with Crippen LogP contribution >= 0.6 is 23.8 Å². The van der Waals surface area contributed by atoms with E-state index in [0.717, 1.165) is 5.56 Å². The minimum atomic E-state index is -0.308. The molecule has 0 aromatic heterocycles. The maximum absolute atomic E-state index is 11.0. The average molecular weight is 242 g/mol. The number of hydrogen-bond acceptors (Lipinski definition) is 4. The number of ether oxygens (including phenoxy) is 1. The number of methoxy groups -OCH3 is 1. The molecule has 0 heterocycles. The third kappa shape index (κ3) is 3.44. The molecule has 0 spiro atoms. The van der Waals surface area contributed by atoms with Gasteiger partial charge >= 0.3 is 5.97 Å². The van der Waals surface area contributed by atoms with Crippen LogP contribution < -0.4 is 0 Å². The van der Waals surface area contributed by atoms with Gasteiger partial charge in [-0.15, -0.1) is 0 Å². The van der Waals surface area contributed by atoms with Crippen LogP contribution in [0.2, 0.25) is 5.02 Å². The number of esters is 1. The van der Waals surface area contributed by atoms with Crippen molar-refractivity contribution < 1.29 is 9.53 Å². The Morgan fingerprint density at radius 2 is 2.40 bits per heavy atom. The van der Waals surface area contributed by atoms with Gasteiger partial charge < -0.3 is 4.74 Å². The van der Waals surface area contributed by atoms with Gasteiger partial charge in [-0.3, -0.25) is 4.79 Å². The fourth-order valence-electron chi connectivity index (χ4n) is 1.04. The number of rotatable bonds is 3. The Labute approximate surface area is 97.7 Å². The van der Waals surface area contributed by atoms with E-state index < -0.39 is 0 Å². The molecule has 0 aliphatic rings. The van der Waals surface area contributed by atoms with Crippen molar-refractivity contribution in [1.82, 2.24) is 0 Å². The molecule has 1 aromatic carbocycles. The summed E-state index contributed by atoms with van der Waals surface area (Å²) in [4.78, 5) is 14.7. The van der Waals surface area contributed by atoms with E-state index in [9.17, 15) is 4.79 Å². The Balaban J connectivity index is 2.91. The number of thiocarbonyl (C=S) groups is 1. The van der Waals surface area contributed by atoms with Crippen molar-refractivity contribution in [2.24, 2.45) is 4.99 Å². The fourth-order valence-corrected chi connectivity index (χ4v) is 1.38. The summed E-state index contributed by atoms with van der Waals surface area (Å²) in [6, 6.07) is 5.08. The van der Waals surface area contributed by atoms with Gasteiger partial charge in [0.25, 0.3) is 0 Å². The van der Waals surface area contributed by atoms with Gasteiger partial charge in [0.05, 0.1) is 29.4 Å². The molecule has 0 bridgehead atoms. The number of hydrogen-bond donors (Lipinski definition) is 0. The number of isothiocyanates is 1. The first-order valence-corrected chi connectivity index (χ1v) is 4.89. The van der Waals surface area contributed by atoms with E-state index >= 15 is 0 Å². The van der Waals surface area contributed by atoms with Crippen LogP contribution in [0.3, 0.4) is 0 Å². The molecule has 0 amide bonds. The van der Waals surface area contributed by atoms with Crippen molar-refractivity contribution in [2.45, 2.75) is 6.42 Å². The van der Waals surface area contributed by atoms with Gasteiger partial charge in [0.2, 0.25) is 0 Å². The highest BCUT2D eigenvalue weighted by molar-refractivity contribution is 7.78. The van der Waals surface area contributed by atoms with Crippen LogP contribution in [-0.2, 0) is 16.0 Å². The van der Waals surface area contributed by atoms with E-state index in [2.05, 4.69) is 27.1 Å². The normalized spacial score (nSPS) is 9.20. The molecule has 1 rings (SSSR count). The maximum Gasteiger partial charge on any atom is 0.309 e. The van der Waals surface area contributed by atoms with Gasteiger partial charge in [-0.1, -0.05) is 17.7 Å². The van der Waals surface area contributed by atoms with Crippen LogP contribution in [0.25, 0.3) is 0 Å². The number of aliphatic imine (C=N–C) groups is 1. The van der Waals surface area contributed by atoms with Gasteiger partial charge in [-0.25, -0.2) is 0 Å². The van der Waals surface area contributed by atoms with Gasteiger partial charge in [0.1, 0.15) is 0 Å². The molecular weight excluding hydrogens is 234 g/mol. The molecule has 0 atom stereocenters. The monoisotopic (exact) mass is 241 g/mol. The molecule has 0 saturated carbocycles. The first kappa shape index (κ1) is 11.9. The Hall–Kier alpha value is -1.22. The second-order valence-corrected chi connectivity index (χ2v) is 3.33. The minimum Gasteiger partial charge on any atom is -0.469 e. The highest BCUT2D eigenvalue weighted by atomic mass is 35.5. The average Bonchev–Trinajstić information content (AvgIpc) is 2.22. The number of benzene rings is 1. The summed E-state index contributed by atoms with van der Waals surface area (Å²) >= 11 is 10.4. The Bertz CT molecular complexity index is 427. The lowest BCUT2D eigenvalue weighted by atomic mass is 10.1. The molecule has 0 N–H and O–H groups in total. The lowest BCUT2D eigenvalue weighted by molar-refractivity contribution is -0.139. The topological polar surface area (TPSA) is 38.7 Å². The van der Waals surface area contributed by atoms with Gasteiger partial charge in [0.15, 0.2) is 0 Å². The molecule has 0 aliphatic heterocycles. The minimum absolute atomic E-state index is 0.192. The zero-order valence-electron chi connectivity index (χ0n) is 7.99. The maximum atomic E-state index is 11.0. The highest BCUT2D eigenvalue weighted by Crippen LogP contribution is 2.25. The summed E-state index contributed by atoms with van der Waals surface area (Å²) < 4.78 is 4.54. The summed E-state index contributed by atoms with van der Waals surface area (Å²) in [5, 5.41) is 2.67. The molecule has 1 aromatic rings. The van der Waals surface area contributed by atoms with Gasteiger partial charge in [-0.05, 0) is 29.9 Å². The highest BCUT2D eigenvalue weighted by Gasteiger charge is 2.05. The van der Waals surface area contributed by atoms with Crippen LogP contribution in [0.4, 0.5) is 5.69 Å². The molecule has 0 aliphatic carbocycles. The van der Waals surface area contributed by atoms with E-state index in [4.69, 9.17) is 11.6 Å². The molecule has 0 fully saturated rings. The Kier molecular flexibility index (Phi) is 4.43. The summed E-state index contributed by atoms with van der Waals surface area (Å²) in [6.07, 6.45) is 0.192. The first-order chi connectivity index (χ1) is 7.17. The number of nitrogens with zero attached hydrogens (tertiary/aromatic N) is 1. The molecule has 5 heteroatoms. The molecule has 15 heavy (non-hydrogen) atoms. The number of carbonyl (C=O) groups is 1. The molecule has 78 valence electrons. The van der Waals surface area contributed by atoms with Gasteiger partial charge in [-0.2, -0.15) is 4.99 Å². The van der Waals surface area contributed by atoms with Crippen LogP contribution in [-0.4, -0.2) is 18.2 Å². The molecule has 0 radical (unpaired) electrons. The Morgan fingerprint density at radius 3 is 2.93 bits per heavy atom. The standard InChI is InChI=1S/C10H8ClNO2S/c1-14-10(13)5-7-2-3-9(12-6-15)8(11)4-7/h2-4H,5H2,1H3. The Morgan fingerprint density at radius 1 is 1.67 bits per heavy atom. The van der Waals surface area contributed by atoms with Crippen molar-refractivity contribution >= 4 is 40.6 Å². The summed E-state index contributed by atoms with van der Waals surface area (Å²) in [5.74, 6) is -0.308. The fraction of sp³-hybridized carbons (Fsp3) is 0.200. The van der Waals surface area contributed by atoms with E-state index in [1.165, 1.54) is 7.11 Å². The molecule has 0 unspecified atom stereocenters. The van der Waals surface area contributed by atoms with Crippen LogP contribution in [0.15, 0.2) is 23.2 Å². The molecule has 0 saturated heterocycles. The predicted molar refractivity (Wildman–Crippen MR) is 61.9 cm³/mol. The largest absolute Gasteiger partial charge is 0.469 e. The summed E-state index contributed by atoms with van der Waals surface area (Å²) in [5.41, 5.74) is 1.32. The SMILES string of the molecule is COC(=O)Cc1ccc(N=C=S)c(Cl)c1. The smallest absolute Gasteiger partial charge is 0.309 e. The molecular formula is C10H8ClNO2S. The van der Waals surface area contributed by atoms with Crippen molar-refractivity contribution in [3.8, 4) is 0 Å². The van der Waals surface area contributed by atoms with E-state index in [0.29, 0.717) is 10.7 Å². The second-order valence-electron chi connectivity index (χ2n) is 2.74. The zero-order valence-corrected chi connectivity index (χ0v) is 9.56. The third-order valence-corrected chi connectivity index (χ3v) is 2.15. The van der Waals surface area contributed by atoms with Crippen LogP contribution in [0.5, 0.6) is 0 Å². The summed E-state index contributed by atoms with van der Waals surface area (Å²) in [7, 11) is 1.34. The van der Waals surface area contributed by atoms with Crippen molar-refractivity contribution in [3.63, 3.8) is 0 Å². The van der Waals surface area contributed by atoms with E-state index in [1.807, 2.05) is 0 Å². The van der Waals surface area contributed by atoms with Crippen molar-refractivity contribution in [2.75, 3.05) is 7.11 Å². The molecule has 3 nitrogen and oxygen atoms in total. The predicted octanol–water partition coefficient (Wildman–Crippen LogP) is 2.79. The number of carbonyl (C=O) groups excluding carboxylic acids is 1. The third-order valence-electron chi connectivity index (χ3n) is 1.75. The first-order valence-electron chi connectivity index (χ1n) is 4.10.